The number of rotatable bonds is 7. The molecule has 0 rings (SSSR count). The summed E-state index contributed by atoms with van der Waals surface area (Å²) < 4.78 is 4.82. The van der Waals surface area contributed by atoms with Crippen molar-refractivity contribution in [2.24, 2.45) is 0 Å². The molecule has 76 valence electrons. The Hall–Kier alpha value is -0.870. The van der Waals surface area contributed by atoms with Crippen LogP contribution in [0.4, 0.5) is 0 Å². The Morgan fingerprint density at radius 2 is 2.38 bits per heavy atom. The highest BCUT2D eigenvalue weighted by Crippen LogP contribution is 1.79. The van der Waals surface area contributed by atoms with Gasteiger partial charge in [0.05, 0.1) is 13.2 Å². The van der Waals surface area contributed by atoms with Gasteiger partial charge in [-0.05, 0) is 6.92 Å². The first-order valence-corrected chi connectivity index (χ1v) is 4.32. The molecule has 0 aromatic carbocycles. The van der Waals surface area contributed by atoms with E-state index in [9.17, 15) is 4.79 Å². The van der Waals surface area contributed by atoms with Crippen LogP contribution in [0.25, 0.3) is 0 Å². The van der Waals surface area contributed by atoms with Crippen LogP contribution in [0.5, 0.6) is 0 Å². The van der Waals surface area contributed by atoms with Crippen molar-refractivity contribution < 1.29 is 9.53 Å². The molecule has 0 heterocycles. The molecule has 0 bridgehead atoms. The quantitative estimate of drug-likeness (QED) is 0.431. The lowest BCUT2D eigenvalue weighted by Crippen LogP contribution is -2.38. The highest BCUT2D eigenvalue weighted by atomic mass is 16.5. The minimum atomic E-state index is -0.0245. The van der Waals surface area contributed by atoms with E-state index in [4.69, 9.17) is 4.74 Å². The van der Waals surface area contributed by atoms with E-state index in [0.29, 0.717) is 19.7 Å². The van der Waals surface area contributed by atoms with E-state index in [1.807, 2.05) is 6.92 Å². The SMILES string of the molecule is C=CC(C)NC(=O)CNCCOC. The van der Waals surface area contributed by atoms with Gasteiger partial charge < -0.3 is 15.4 Å². The van der Waals surface area contributed by atoms with Crippen LogP contribution in [-0.4, -0.2) is 38.8 Å². The molecule has 1 amide bonds. The number of methoxy groups -OCH3 is 1. The third kappa shape index (κ3) is 7.49. The van der Waals surface area contributed by atoms with Crippen LogP contribution in [0.3, 0.4) is 0 Å². The average molecular weight is 186 g/mol. The van der Waals surface area contributed by atoms with Gasteiger partial charge in [0.1, 0.15) is 0 Å². The van der Waals surface area contributed by atoms with E-state index in [-0.39, 0.29) is 11.9 Å². The summed E-state index contributed by atoms with van der Waals surface area (Å²) in [6.45, 7) is 7.07. The van der Waals surface area contributed by atoms with Crippen molar-refractivity contribution in [2.45, 2.75) is 13.0 Å². The van der Waals surface area contributed by atoms with E-state index in [1.54, 1.807) is 13.2 Å². The van der Waals surface area contributed by atoms with Crippen LogP contribution < -0.4 is 10.6 Å². The smallest absolute Gasteiger partial charge is 0.234 e. The Balaban J connectivity index is 3.35. The molecule has 2 N–H and O–H groups in total. The zero-order chi connectivity index (χ0) is 10.1. The van der Waals surface area contributed by atoms with Gasteiger partial charge in [0.15, 0.2) is 0 Å². The van der Waals surface area contributed by atoms with E-state index >= 15 is 0 Å². The average Bonchev–Trinajstić information content (AvgIpc) is 2.12. The molecule has 0 aromatic heterocycles. The van der Waals surface area contributed by atoms with E-state index in [2.05, 4.69) is 17.2 Å². The Kier molecular flexibility index (Phi) is 7.24. The Labute approximate surface area is 79.3 Å². The molecule has 0 aliphatic carbocycles. The second-order valence-electron chi connectivity index (χ2n) is 2.76. The third-order valence-electron chi connectivity index (χ3n) is 1.51. The maximum Gasteiger partial charge on any atom is 0.234 e. The van der Waals surface area contributed by atoms with Gasteiger partial charge in [0, 0.05) is 19.7 Å². The maximum absolute atomic E-state index is 11.1. The van der Waals surface area contributed by atoms with Gasteiger partial charge in [-0.2, -0.15) is 0 Å². The van der Waals surface area contributed by atoms with E-state index in [0.717, 1.165) is 0 Å². The highest BCUT2D eigenvalue weighted by molar-refractivity contribution is 5.78. The van der Waals surface area contributed by atoms with E-state index < -0.39 is 0 Å². The monoisotopic (exact) mass is 186 g/mol. The molecule has 0 saturated heterocycles. The van der Waals surface area contributed by atoms with Crippen LogP contribution in [0, 0.1) is 0 Å². The molecule has 0 aliphatic heterocycles. The molecule has 13 heavy (non-hydrogen) atoms. The van der Waals surface area contributed by atoms with Crippen molar-refractivity contribution in [1.29, 1.82) is 0 Å². The zero-order valence-corrected chi connectivity index (χ0v) is 8.30. The zero-order valence-electron chi connectivity index (χ0n) is 8.30. The molecule has 1 atom stereocenters. The first kappa shape index (κ1) is 12.1. The summed E-state index contributed by atoms with van der Waals surface area (Å²) in [5.41, 5.74) is 0. The van der Waals surface area contributed by atoms with Crippen LogP contribution >= 0.6 is 0 Å². The largest absolute Gasteiger partial charge is 0.383 e. The van der Waals surface area contributed by atoms with Crippen LogP contribution in [0.1, 0.15) is 6.92 Å². The summed E-state index contributed by atoms with van der Waals surface area (Å²) >= 11 is 0. The fourth-order valence-electron chi connectivity index (χ4n) is 0.740. The molecule has 0 radical (unpaired) electrons. The Morgan fingerprint density at radius 3 is 2.92 bits per heavy atom. The van der Waals surface area contributed by atoms with Crippen molar-refractivity contribution in [3.63, 3.8) is 0 Å². The topological polar surface area (TPSA) is 50.4 Å². The molecule has 4 heteroatoms. The van der Waals surface area contributed by atoms with Crippen molar-refractivity contribution >= 4 is 5.91 Å². The Bertz CT molecular complexity index is 160. The number of hydrogen-bond donors (Lipinski definition) is 2. The fraction of sp³-hybridized carbons (Fsp3) is 0.667. The van der Waals surface area contributed by atoms with Gasteiger partial charge in [-0.15, -0.1) is 6.58 Å². The predicted molar refractivity (Wildman–Crippen MR) is 52.5 cm³/mol. The first-order valence-electron chi connectivity index (χ1n) is 4.32. The second kappa shape index (κ2) is 7.76. The standard InChI is InChI=1S/C9H18N2O2/c1-4-8(2)11-9(12)7-10-5-6-13-3/h4,8,10H,1,5-7H2,2-3H3,(H,11,12). The third-order valence-corrected chi connectivity index (χ3v) is 1.51. The molecular weight excluding hydrogens is 168 g/mol. The molecule has 1 unspecified atom stereocenters. The first-order chi connectivity index (χ1) is 6.20. The number of nitrogens with one attached hydrogen (secondary N) is 2. The summed E-state index contributed by atoms with van der Waals surface area (Å²) in [7, 11) is 1.63. The van der Waals surface area contributed by atoms with Gasteiger partial charge in [-0.1, -0.05) is 6.08 Å². The van der Waals surface area contributed by atoms with Gasteiger partial charge in [-0.25, -0.2) is 0 Å². The van der Waals surface area contributed by atoms with Crippen molar-refractivity contribution in [2.75, 3.05) is 26.8 Å². The molecule has 0 aliphatic rings. The second-order valence-corrected chi connectivity index (χ2v) is 2.76. The highest BCUT2D eigenvalue weighted by Gasteiger charge is 2.02. The summed E-state index contributed by atoms with van der Waals surface area (Å²) in [4.78, 5) is 11.1. The van der Waals surface area contributed by atoms with E-state index in [1.165, 1.54) is 0 Å². The number of amides is 1. The van der Waals surface area contributed by atoms with Gasteiger partial charge in [0.25, 0.3) is 0 Å². The maximum atomic E-state index is 11.1. The van der Waals surface area contributed by atoms with Gasteiger partial charge in [-0.3, -0.25) is 4.79 Å². The molecule has 0 aromatic rings. The molecule has 0 spiro atoms. The summed E-state index contributed by atoms with van der Waals surface area (Å²) in [5.74, 6) is -0.0245. The van der Waals surface area contributed by atoms with Crippen LogP contribution in [-0.2, 0) is 9.53 Å². The number of hydrogen-bond acceptors (Lipinski definition) is 3. The molecule has 0 fully saturated rings. The van der Waals surface area contributed by atoms with Gasteiger partial charge >= 0.3 is 0 Å². The number of carbonyl (C=O) groups is 1. The fourth-order valence-corrected chi connectivity index (χ4v) is 0.740. The predicted octanol–water partition coefficient (Wildman–Crippen LogP) is -0.0869. The van der Waals surface area contributed by atoms with Crippen molar-refractivity contribution in [1.82, 2.24) is 10.6 Å². The van der Waals surface area contributed by atoms with Crippen molar-refractivity contribution in [3.05, 3.63) is 12.7 Å². The Morgan fingerprint density at radius 1 is 1.69 bits per heavy atom. The normalized spacial score (nSPS) is 12.2. The minimum Gasteiger partial charge on any atom is -0.383 e. The molecular formula is C9H18N2O2. The summed E-state index contributed by atoms with van der Waals surface area (Å²) in [6, 6.07) is 0.0247. The minimum absolute atomic E-state index is 0.0245. The number of ether oxygens (including phenoxy) is 1. The molecule has 4 nitrogen and oxygen atoms in total. The molecule has 0 saturated carbocycles. The summed E-state index contributed by atoms with van der Waals surface area (Å²) in [6.07, 6.45) is 1.69. The van der Waals surface area contributed by atoms with Crippen LogP contribution in [0.2, 0.25) is 0 Å². The van der Waals surface area contributed by atoms with Gasteiger partial charge in [0.2, 0.25) is 5.91 Å². The van der Waals surface area contributed by atoms with Crippen molar-refractivity contribution in [3.8, 4) is 0 Å². The number of carbonyl (C=O) groups excluding carboxylic acids is 1. The lowest BCUT2D eigenvalue weighted by molar-refractivity contribution is -0.120. The summed E-state index contributed by atoms with van der Waals surface area (Å²) in [5, 5.41) is 5.69. The van der Waals surface area contributed by atoms with Crippen LogP contribution in [0.15, 0.2) is 12.7 Å². The lowest BCUT2D eigenvalue weighted by atomic mass is 10.3. The lowest BCUT2D eigenvalue weighted by Gasteiger charge is -2.09.